The van der Waals surface area contributed by atoms with Gasteiger partial charge in [-0.3, -0.25) is 0 Å². The van der Waals surface area contributed by atoms with Crippen molar-refractivity contribution in [2.24, 2.45) is 0 Å². The van der Waals surface area contributed by atoms with Crippen molar-refractivity contribution in [3.05, 3.63) is 200 Å². The normalized spacial score (nSPS) is 11.7. The van der Waals surface area contributed by atoms with Crippen LogP contribution in [0.1, 0.15) is 0 Å². The maximum Gasteiger partial charge on any atom is 0.143 e. The summed E-state index contributed by atoms with van der Waals surface area (Å²) in [5.74, 6) is 0. The summed E-state index contributed by atoms with van der Waals surface area (Å²) >= 11 is 0. The quantitative estimate of drug-likeness (QED) is 0.168. The molecule has 0 N–H and O–H groups in total. The van der Waals surface area contributed by atoms with Crippen molar-refractivity contribution in [2.75, 3.05) is 4.90 Å². The first-order chi connectivity index (χ1) is 26.8. The molecule has 0 amide bonds. The lowest BCUT2D eigenvalue weighted by atomic mass is 9.93. The van der Waals surface area contributed by atoms with Gasteiger partial charge in [0.1, 0.15) is 11.2 Å². The highest BCUT2D eigenvalue weighted by molar-refractivity contribution is 6.26. The van der Waals surface area contributed by atoms with Gasteiger partial charge in [0, 0.05) is 33.1 Å². The number of furan rings is 1. The van der Waals surface area contributed by atoms with Gasteiger partial charge in [-0.15, -0.1) is 0 Å². The molecule has 0 saturated carbocycles. The van der Waals surface area contributed by atoms with E-state index in [0.29, 0.717) is 0 Å². The molecule has 0 spiro atoms. The van der Waals surface area contributed by atoms with Crippen molar-refractivity contribution in [1.29, 1.82) is 0 Å². The summed E-state index contributed by atoms with van der Waals surface area (Å²) in [5.41, 5.74) is 9.76. The van der Waals surface area contributed by atoms with Crippen LogP contribution < -0.4 is 4.90 Å². The Balaban J connectivity index is 1.16. The number of hydrogen-bond donors (Lipinski definition) is 0. The monoisotopic (exact) mass is 687 g/mol. The number of benzene rings is 10. The molecule has 2 heteroatoms. The number of fused-ring (bicyclic) bond motifs is 10. The largest absolute Gasteiger partial charge is 0.455 e. The highest BCUT2D eigenvalue weighted by Gasteiger charge is 2.21. The van der Waals surface area contributed by atoms with E-state index in [1.807, 2.05) is 6.07 Å². The van der Waals surface area contributed by atoms with Crippen LogP contribution in [0.5, 0.6) is 0 Å². The third kappa shape index (κ3) is 4.74. The number of nitrogens with zero attached hydrogens (tertiary/aromatic N) is 1. The SMILES string of the molecule is c1ccc(-c2ccc(N(c3ccc4c5ccccc5c5ccccc5c4c3)c3ccc(-c4cccc5c4oc4ccccc45)c4ccccc34)cc2)cc1. The predicted octanol–water partition coefficient (Wildman–Crippen LogP) is 15.0. The van der Waals surface area contributed by atoms with Gasteiger partial charge in [0.15, 0.2) is 0 Å². The van der Waals surface area contributed by atoms with Crippen molar-refractivity contribution < 1.29 is 4.42 Å². The summed E-state index contributed by atoms with van der Waals surface area (Å²) in [5, 5.41) is 12.2. The van der Waals surface area contributed by atoms with Crippen molar-refractivity contribution in [1.82, 2.24) is 0 Å². The minimum atomic E-state index is 0.905. The Morgan fingerprint density at radius 3 is 1.56 bits per heavy atom. The van der Waals surface area contributed by atoms with Crippen molar-refractivity contribution in [2.45, 2.75) is 0 Å². The lowest BCUT2D eigenvalue weighted by molar-refractivity contribution is 0.670. The third-order valence-electron chi connectivity index (χ3n) is 11.1. The molecule has 0 aliphatic heterocycles. The molecule has 0 bridgehead atoms. The first-order valence-corrected chi connectivity index (χ1v) is 18.5. The molecule has 0 fully saturated rings. The number of para-hydroxylation sites is 2. The Hall–Kier alpha value is -7.16. The van der Waals surface area contributed by atoms with Crippen LogP contribution in [-0.2, 0) is 0 Å². The number of hydrogen-bond acceptors (Lipinski definition) is 2. The first kappa shape index (κ1) is 30.5. The summed E-state index contributed by atoms with van der Waals surface area (Å²) < 4.78 is 6.55. The van der Waals surface area contributed by atoms with Gasteiger partial charge in [-0.05, 0) is 90.8 Å². The average Bonchev–Trinajstić information content (AvgIpc) is 3.64. The van der Waals surface area contributed by atoms with E-state index >= 15 is 0 Å². The van der Waals surface area contributed by atoms with Crippen LogP contribution in [-0.4, -0.2) is 0 Å². The summed E-state index contributed by atoms with van der Waals surface area (Å²) in [6.07, 6.45) is 0. The zero-order valence-corrected chi connectivity index (χ0v) is 29.4. The fraction of sp³-hybridized carbons (Fsp3) is 0. The van der Waals surface area contributed by atoms with Crippen LogP contribution in [0.3, 0.4) is 0 Å². The van der Waals surface area contributed by atoms with Crippen molar-refractivity contribution in [3.63, 3.8) is 0 Å². The van der Waals surface area contributed by atoms with Crippen LogP contribution in [0.2, 0.25) is 0 Å². The molecule has 1 heterocycles. The molecule has 0 aliphatic carbocycles. The van der Waals surface area contributed by atoms with E-state index in [-0.39, 0.29) is 0 Å². The molecule has 0 atom stereocenters. The van der Waals surface area contributed by atoms with Gasteiger partial charge in [0.2, 0.25) is 0 Å². The third-order valence-corrected chi connectivity index (χ3v) is 11.1. The molecular formula is C52H33NO. The minimum absolute atomic E-state index is 0.905. The van der Waals surface area contributed by atoms with Crippen LogP contribution in [0, 0.1) is 0 Å². The van der Waals surface area contributed by atoms with Crippen LogP contribution in [0.4, 0.5) is 17.1 Å². The first-order valence-electron chi connectivity index (χ1n) is 18.5. The predicted molar refractivity (Wildman–Crippen MR) is 229 cm³/mol. The standard InChI is InChI=1S/C52H33NO/c1-2-13-34(14-3-1)35-25-27-36(28-26-35)53(37-29-30-44-40-17-5-4-15-38(40)39-16-6-7-19-42(39)49(44)33-37)50-32-31-43(41-18-8-9-20-45(41)50)47-22-12-23-48-46-21-10-11-24-51(46)54-52(47)48/h1-33H. The molecule has 0 unspecified atom stereocenters. The number of anilines is 3. The highest BCUT2D eigenvalue weighted by atomic mass is 16.3. The van der Waals surface area contributed by atoms with E-state index in [0.717, 1.165) is 50.1 Å². The molecule has 1 aromatic heterocycles. The maximum absolute atomic E-state index is 6.55. The van der Waals surface area contributed by atoms with E-state index in [9.17, 15) is 0 Å². The molecule has 0 radical (unpaired) electrons. The molecule has 2 nitrogen and oxygen atoms in total. The van der Waals surface area contributed by atoms with Gasteiger partial charge in [0.05, 0.1) is 5.69 Å². The summed E-state index contributed by atoms with van der Waals surface area (Å²) in [4.78, 5) is 2.42. The Bertz CT molecular complexity index is 3180. The van der Waals surface area contributed by atoms with E-state index < -0.39 is 0 Å². The van der Waals surface area contributed by atoms with E-state index in [1.54, 1.807) is 0 Å². The molecule has 54 heavy (non-hydrogen) atoms. The van der Waals surface area contributed by atoms with E-state index in [2.05, 4.69) is 199 Å². The second-order valence-corrected chi connectivity index (χ2v) is 14.0. The second kappa shape index (κ2) is 12.2. The lowest BCUT2D eigenvalue weighted by Crippen LogP contribution is -2.10. The van der Waals surface area contributed by atoms with Gasteiger partial charge in [-0.25, -0.2) is 0 Å². The van der Waals surface area contributed by atoms with E-state index in [1.165, 1.54) is 54.2 Å². The second-order valence-electron chi connectivity index (χ2n) is 14.0. The topological polar surface area (TPSA) is 16.4 Å². The highest BCUT2D eigenvalue weighted by Crippen LogP contribution is 2.46. The molecule has 0 aliphatic rings. The fourth-order valence-electron chi connectivity index (χ4n) is 8.57. The Kier molecular flexibility index (Phi) is 6.90. The van der Waals surface area contributed by atoms with Gasteiger partial charge >= 0.3 is 0 Å². The summed E-state index contributed by atoms with van der Waals surface area (Å²) in [6, 6.07) is 72.3. The zero-order valence-electron chi connectivity index (χ0n) is 29.4. The lowest BCUT2D eigenvalue weighted by Gasteiger charge is -2.28. The number of rotatable bonds is 5. The minimum Gasteiger partial charge on any atom is -0.455 e. The van der Waals surface area contributed by atoms with Crippen molar-refractivity contribution >= 4 is 82.1 Å². The average molecular weight is 688 g/mol. The van der Waals surface area contributed by atoms with Gasteiger partial charge in [-0.2, -0.15) is 0 Å². The van der Waals surface area contributed by atoms with Gasteiger partial charge in [-0.1, -0.05) is 164 Å². The Labute approximate surface area is 312 Å². The van der Waals surface area contributed by atoms with Crippen molar-refractivity contribution in [3.8, 4) is 22.3 Å². The molecule has 11 aromatic rings. The van der Waals surface area contributed by atoms with E-state index in [4.69, 9.17) is 4.42 Å². The molecule has 252 valence electrons. The fourth-order valence-corrected chi connectivity index (χ4v) is 8.57. The Morgan fingerprint density at radius 2 is 0.833 bits per heavy atom. The Morgan fingerprint density at radius 1 is 0.296 bits per heavy atom. The van der Waals surface area contributed by atoms with Crippen LogP contribution >= 0.6 is 0 Å². The zero-order chi connectivity index (χ0) is 35.6. The molecule has 10 aromatic carbocycles. The van der Waals surface area contributed by atoms with Crippen LogP contribution in [0.15, 0.2) is 205 Å². The molecule has 0 saturated heterocycles. The van der Waals surface area contributed by atoms with Gasteiger partial charge in [0.25, 0.3) is 0 Å². The smallest absolute Gasteiger partial charge is 0.143 e. The molecular weight excluding hydrogens is 655 g/mol. The molecule has 11 rings (SSSR count). The summed E-state index contributed by atoms with van der Waals surface area (Å²) in [6.45, 7) is 0. The summed E-state index contributed by atoms with van der Waals surface area (Å²) in [7, 11) is 0. The maximum atomic E-state index is 6.55. The van der Waals surface area contributed by atoms with Gasteiger partial charge < -0.3 is 9.32 Å². The van der Waals surface area contributed by atoms with Crippen LogP contribution in [0.25, 0.3) is 87.3 Å².